The van der Waals surface area contributed by atoms with E-state index in [9.17, 15) is 9.59 Å². The smallest absolute Gasteiger partial charge is 0.294 e. The molecule has 0 saturated carbocycles. The van der Waals surface area contributed by atoms with Crippen LogP contribution in [0.4, 0.5) is 17.1 Å². The van der Waals surface area contributed by atoms with Gasteiger partial charge in [0.1, 0.15) is 5.69 Å². The Kier molecular flexibility index (Phi) is 6.12. The summed E-state index contributed by atoms with van der Waals surface area (Å²) in [7, 11) is 0. The molecular formula is C18H17N7O2S. The van der Waals surface area contributed by atoms with Gasteiger partial charge >= 0.3 is 0 Å². The van der Waals surface area contributed by atoms with Crippen LogP contribution in [0.3, 0.4) is 0 Å². The second-order valence-corrected chi connectivity index (χ2v) is 6.60. The number of carbonyl (C=O) groups is 1. The summed E-state index contributed by atoms with van der Waals surface area (Å²) in [6.07, 6.45) is 0. The van der Waals surface area contributed by atoms with Gasteiger partial charge in [-0.25, -0.2) is 0 Å². The number of azo groups is 1. The fraction of sp³-hybridized carbons (Fsp3) is 0.111. The molecule has 0 unspecified atom stereocenters. The van der Waals surface area contributed by atoms with E-state index in [2.05, 4.69) is 25.7 Å². The van der Waals surface area contributed by atoms with Crippen molar-refractivity contribution in [1.82, 2.24) is 14.9 Å². The van der Waals surface area contributed by atoms with Crippen LogP contribution in [0.25, 0.3) is 0 Å². The van der Waals surface area contributed by atoms with Gasteiger partial charge in [0.25, 0.3) is 5.56 Å². The third-order valence-electron chi connectivity index (χ3n) is 3.54. The second kappa shape index (κ2) is 8.91. The maximum absolute atomic E-state index is 12.1. The number of anilines is 1. The van der Waals surface area contributed by atoms with Crippen LogP contribution in [0.1, 0.15) is 5.69 Å². The van der Waals surface area contributed by atoms with Gasteiger partial charge in [-0.3, -0.25) is 9.59 Å². The Bertz CT molecular complexity index is 1050. The fourth-order valence-electron chi connectivity index (χ4n) is 2.12. The minimum absolute atomic E-state index is 0.0316. The van der Waals surface area contributed by atoms with Gasteiger partial charge in [0.05, 0.1) is 17.1 Å². The lowest BCUT2D eigenvalue weighted by Gasteiger charge is -2.07. The highest BCUT2D eigenvalue weighted by atomic mass is 32.2. The van der Waals surface area contributed by atoms with Gasteiger partial charge in [-0.05, 0) is 43.3 Å². The maximum Gasteiger partial charge on any atom is 0.294 e. The van der Waals surface area contributed by atoms with Crippen molar-refractivity contribution in [2.45, 2.75) is 12.1 Å². The monoisotopic (exact) mass is 395 g/mol. The summed E-state index contributed by atoms with van der Waals surface area (Å²) < 4.78 is 0.882. The maximum atomic E-state index is 12.1. The first-order chi connectivity index (χ1) is 13.5. The summed E-state index contributed by atoms with van der Waals surface area (Å²) in [5.74, 6) is 5.41. The van der Waals surface area contributed by atoms with Crippen molar-refractivity contribution in [1.29, 1.82) is 0 Å². The molecule has 3 N–H and O–H groups in total. The van der Waals surface area contributed by atoms with Crippen LogP contribution in [0.2, 0.25) is 0 Å². The number of rotatable bonds is 6. The first-order valence-electron chi connectivity index (χ1n) is 8.24. The second-order valence-electron chi connectivity index (χ2n) is 5.66. The molecule has 28 heavy (non-hydrogen) atoms. The number of aryl methyl sites for hydroxylation is 1. The van der Waals surface area contributed by atoms with Crippen molar-refractivity contribution in [2.75, 3.05) is 16.9 Å². The van der Waals surface area contributed by atoms with E-state index in [0.717, 1.165) is 22.1 Å². The quantitative estimate of drug-likeness (QED) is 0.375. The van der Waals surface area contributed by atoms with Crippen LogP contribution in [0.15, 0.2) is 74.8 Å². The fourth-order valence-corrected chi connectivity index (χ4v) is 2.77. The van der Waals surface area contributed by atoms with E-state index >= 15 is 0 Å². The molecule has 0 saturated heterocycles. The highest BCUT2D eigenvalue weighted by Crippen LogP contribution is 2.20. The van der Waals surface area contributed by atoms with Gasteiger partial charge in [0.15, 0.2) is 0 Å². The third-order valence-corrected chi connectivity index (χ3v) is 4.48. The lowest BCUT2D eigenvalue weighted by Crippen LogP contribution is -2.32. The Balaban J connectivity index is 1.55. The highest BCUT2D eigenvalue weighted by Gasteiger charge is 2.10. The van der Waals surface area contributed by atoms with Crippen molar-refractivity contribution in [2.24, 2.45) is 10.2 Å². The topological polar surface area (TPSA) is 128 Å². The Hall–Kier alpha value is -3.53. The first-order valence-corrected chi connectivity index (χ1v) is 9.22. The Morgan fingerprint density at radius 2 is 1.71 bits per heavy atom. The zero-order valence-corrected chi connectivity index (χ0v) is 15.8. The zero-order valence-electron chi connectivity index (χ0n) is 14.9. The van der Waals surface area contributed by atoms with E-state index in [1.54, 1.807) is 24.3 Å². The van der Waals surface area contributed by atoms with Gasteiger partial charge in [0, 0.05) is 5.69 Å². The molecule has 10 heteroatoms. The molecule has 0 aliphatic carbocycles. The third kappa shape index (κ3) is 5.01. The van der Waals surface area contributed by atoms with E-state index in [-0.39, 0.29) is 22.5 Å². The summed E-state index contributed by atoms with van der Waals surface area (Å²) in [5.41, 5.74) is 1.79. The number of nitrogen functional groups attached to an aromatic ring is 1. The number of carbonyl (C=O) groups excluding carboxylic acids is 1. The highest BCUT2D eigenvalue weighted by molar-refractivity contribution is 7.99. The van der Waals surface area contributed by atoms with Gasteiger partial charge in [-0.15, -0.1) is 10.2 Å². The van der Waals surface area contributed by atoms with E-state index in [1.807, 2.05) is 30.3 Å². The molecule has 1 heterocycles. The molecule has 142 valence electrons. The van der Waals surface area contributed by atoms with Gasteiger partial charge < -0.3 is 11.2 Å². The van der Waals surface area contributed by atoms with Gasteiger partial charge in [0.2, 0.25) is 11.1 Å². The molecule has 0 aliphatic heterocycles. The number of nitrogens with one attached hydrogen (secondary N) is 1. The lowest BCUT2D eigenvalue weighted by molar-refractivity contribution is -0.113. The Labute approximate surface area is 164 Å². The summed E-state index contributed by atoms with van der Waals surface area (Å²) in [6, 6.07) is 16.3. The van der Waals surface area contributed by atoms with Crippen molar-refractivity contribution < 1.29 is 4.79 Å². The van der Waals surface area contributed by atoms with Crippen molar-refractivity contribution in [3.8, 4) is 0 Å². The normalized spacial score (nSPS) is 10.9. The molecule has 9 nitrogen and oxygen atoms in total. The SMILES string of the molecule is Cc1nnc(SCC(=O)Nc2ccc(N=Nc3ccccc3)cc2)n(N)c1=O. The van der Waals surface area contributed by atoms with Gasteiger partial charge in [-0.1, -0.05) is 30.0 Å². The molecule has 0 bridgehead atoms. The number of benzene rings is 2. The molecule has 0 atom stereocenters. The standard InChI is InChI=1S/C18H17N7O2S/c1-12-17(27)25(19)18(24-21-12)28-11-16(26)20-13-7-9-15(10-8-13)23-22-14-5-3-2-4-6-14/h2-10H,11,19H2,1H3,(H,20,26). The van der Waals surface area contributed by atoms with Crippen LogP contribution < -0.4 is 16.7 Å². The summed E-state index contributed by atoms with van der Waals surface area (Å²) in [6.45, 7) is 1.52. The number of thioether (sulfide) groups is 1. The zero-order chi connectivity index (χ0) is 19.9. The molecular weight excluding hydrogens is 378 g/mol. The van der Waals surface area contributed by atoms with Crippen LogP contribution in [0, 0.1) is 6.92 Å². The van der Waals surface area contributed by atoms with E-state index in [0.29, 0.717) is 11.4 Å². The number of hydrogen-bond acceptors (Lipinski definition) is 8. The molecule has 2 aromatic carbocycles. The predicted molar refractivity (Wildman–Crippen MR) is 108 cm³/mol. The average Bonchev–Trinajstić information content (AvgIpc) is 2.72. The van der Waals surface area contributed by atoms with E-state index in [1.165, 1.54) is 6.92 Å². The molecule has 0 radical (unpaired) electrons. The van der Waals surface area contributed by atoms with Crippen molar-refractivity contribution in [3.05, 3.63) is 70.6 Å². The van der Waals surface area contributed by atoms with E-state index < -0.39 is 5.56 Å². The van der Waals surface area contributed by atoms with Crippen LogP contribution in [-0.4, -0.2) is 26.5 Å². The largest absolute Gasteiger partial charge is 0.334 e. The van der Waals surface area contributed by atoms with Gasteiger partial charge in [-0.2, -0.15) is 14.9 Å². The number of nitrogens with zero attached hydrogens (tertiary/aromatic N) is 5. The molecule has 0 fully saturated rings. The van der Waals surface area contributed by atoms with E-state index in [4.69, 9.17) is 5.84 Å². The van der Waals surface area contributed by atoms with Crippen LogP contribution in [0.5, 0.6) is 0 Å². The molecule has 0 spiro atoms. The number of nitrogens with two attached hydrogens (primary N) is 1. The lowest BCUT2D eigenvalue weighted by atomic mass is 10.3. The molecule has 1 amide bonds. The van der Waals surface area contributed by atoms with Crippen LogP contribution >= 0.6 is 11.8 Å². The Morgan fingerprint density at radius 1 is 1.07 bits per heavy atom. The molecule has 1 aromatic heterocycles. The number of amides is 1. The predicted octanol–water partition coefficient (Wildman–Crippen LogP) is 2.81. The van der Waals surface area contributed by atoms with Crippen molar-refractivity contribution >= 4 is 34.7 Å². The Morgan fingerprint density at radius 3 is 2.39 bits per heavy atom. The van der Waals surface area contributed by atoms with Crippen molar-refractivity contribution in [3.63, 3.8) is 0 Å². The summed E-state index contributed by atoms with van der Waals surface area (Å²) in [5, 5.41) is 18.7. The first kappa shape index (κ1) is 19.2. The number of aromatic nitrogens is 3. The molecule has 0 aliphatic rings. The minimum Gasteiger partial charge on any atom is -0.334 e. The molecule has 3 aromatic rings. The summed E-state index contributed by atoms with van der Waals surface area (Å²) >= 11 is 1.02. The average molecular weight is 395 g/mol. The minimum atomic E-state index is -0.446. The molecule has 3 rings (SSSR count). The number of hydrogen-bond donors (Lipinski definition) is 2. The van der Waals surface area contributed by atoms with Crippen LogP contribution in [-0.2, 0) is 4.79 Å². The summed E-state index contributed by atoms with van der Waals surface area (Å²) in [4.78, 5) is 23.8.